The van der Waals surface area contributed by atoms with Crippen LogP contribution in [0.15, 0.2) is 72.8 Å². The van der Waals surface area contributed by atoms with E-state index in [1.165, 1.54) is 11.1 Å². The Hall–Kier alpha value is -2.88. The van der Waals surface area contributed by atoms with Crippen LogP contribution in [-0.4, -0.2) is 22.3 Å². The molecule has 0 aliphatic carbocycles. The van der Waals surface area contributed by atoms with Crippen LogP contribution in [0.3, 0.4) is 0 Å². The van der Waals surface area contributed by atoms with Crippen LogP contribution in [0.5, 0.6) is 0 Å². The molecule has 4 aromatic rings. The Morgan fingerprint density at radius 3 is 2.50 bits per heavy atom. The number of nitrogens with zero attached hydrogens (tertiary/aromatic N) is 2. The van der Waals surface area contributed by atoms with Crippen LogP contribution < -0.4 is 0 Å². The summed E-state index contributed by atoms with van der Waals surface area (Å²) in [7, 11) is 0. The third-order valence-corrected chi connectivity index (χ3v) is 6.12. The van der Waals surface area contributed by atoms with Gasteiger partial charge in [0, 0.05) is 29.1 Å². The highest BCUT2D eigenvalue weighted by Gasteiger charge is 2.24. The minimum atomic E-state index is 0.00874. The van der Waals surface area contributed by atoms with Crippen LogP contribution in [0.2, 0.25) is 10.0 Å². The van der Waals surface area contributed by atoms with Crippen molar-refractivity contribution in [2.75, 3.05) is 6.54 Å². The largest absolute Gasteiger partial charge is 0.334 e. The van der Waals surface area contributed by atoms with E-state index in [1.54, 1.807) is 12.1 Å². The first kappa shape index (κ1) is 19.1. The molecular weight excluding hydrogens is 415 g/mol. The van der Waals surface area contributed by atoms with Gasteiger partial charge in [-0.1, -0.05) is 65.7 Å². The maximum atomic E-state index is 13.6. The molecule has 3 nitrogen and oxygen atoms in total. The van der Waals surface area contributed by atoms with Crippen molar-refractivity contribution in [3.05, 3.63) is 99.5 Å². The monoisotopic (exact) mass is 432 g/mol. The van der Waals surface area contributed by atoms with Crippen molar-refractivity contribution in [3.8, 4) is 11.3 Å². The van der Waals surface area contributed by atoms with Gasteiger partial charge >= 0.3 is 0 Å². The number of rotatable bonds is 2. The van der Waals surface area contributed by atoms with E-state index in [4.69, 9.17) is 28.2 Å². The molecule has 0 saturated carbocycles. The molecule has 0 atom stereocenters. The zero-order chi connectivity index (χ0) is 20.7. The maximum absolute atomic E-state index is 13.6. The number of carbonyl (C=O) groups excluding carboxylic acids is 1. The third kappa shape index (κ3) is 3.45. The van der Waals surface area contributed by atoms with Gasteiger partial charge in [-0.2, -0.15) is 0 Å². The Kier molecular flexibility index (Phi) is 4.93. The highest BCUT2D eigenvalue weighted by Crippen LogP contribution is 2.32. The van der Waals surface area contributed by atoms with Gasteiger partial charge in [-0.3, -0.25) is 4.79 Å². The molecule has 2 heterocycles. The molecule has 148 valence electrons. The Labute approximate surface area is 184 Å². The van der Waals surface area contributed by atoms with Crippen molar-refractivity contribution >= 4 is 40.0 Å². The highest BCUT2D eigenvalue weighted by molar-refractivity contribution is 6.36. The Balaban J connectivity index is 1.60. The minimum Gasteiger partial charge on any atom is -0.334 e. The van der Waals surface area contributed by atoms with Crippen LogP contribution in [0.25, 0.3) is 22.2 Å². The van der Waals surface area contributed by atoms with E-state index in [-0.39, 0.29) is 5.91 Å². The lowest BCUT2D eigenvalue weighted by atomic mass is 9.98. The zero-order valence-electron chi connectivity index (χ0n) is 16.1. The number of halogens is 2. The molecule has 0 N–H and O–H groups in total. The standard InChI is InChI=1S/C25H18Cl2N2O/c26-18-9-10-20(22(27)13-18)24-14-21(19-7-3-4-8-23(19)28-24)25(30)29-12-11-16-5-1-2-6-17(16)15-29/h1-10,13-14H,11-12,15H2. The fraction of sp³-hybridized carbons (Fsp3) is 0.120. The fourth-order valence-electron chi connectivity index (χ4n) is 4.03. The number of hydrogen-bond donors (Lipinski definition) is 0. The van der Waals surface area contributed by atoms with Gasteiger partial charge in [0.1, 0.15) is 0 Å². The first-order chi connectivity index (χ1) is 14.6. The molecule has 0 unspecified atom stereocenters. The molecule has 0 bridgehead atoms. The normalized spacial score (nSPS) is 13.3. The molecule has 3 aromatic carbocycles. The van der Waals surface area contributed by atoms with E-state index in [2.05, 4.69) is 18.2 Å². The van der Waals surface area contributed by atoms with Crippen molar-refractivity contribution in [1.82, 2.24) is 9.88 Å². The summed E-state index contributed by atoms with van der Waals surface area (Å²) in [5.41, 5.74) is 5.34. The van der Waals surface area contributed by atoms with Crippen molar-refractivity contribution in [2.45, 2.75) is 13.0 Å². The number of pyridine rings is 1. The SMILES string of the molecule is O=C(c1cc(-c2ccc(Cl)cc2Cl)nc2ccccc12)N1CCc2ccccc2C1. The van der Waals surface area contributed by atoms with Gasteiger partial charge < -0.3 is 4.90 Å². The number of hydrogen-bond acceptors (Lipinski definition) is 2. The summed E-state index contributed by atoms with van der Waals surface area (Å²) in [6, 6.07) is 23.2. The van der Waals surface area contributed by atoms with Crippen molar-refractivity contribution in [1.29, 1.82) is 0 Å². The molecule has 0 radical (unpaired) electrons. The molecule has 1 aliphatic heterocycles. The molecule has 0 saturated heterocycles. The summed E-state index contributed by atoms with van der Waals surface area (Å²) in [6.45, 7) is 1.31. The minimum absolute atomic E-state index is 0.00874. The molecule has 5 rings (SSSR count). The second kappa shape index (κ2) is 7.75. The Morgan fingerprint density at radius 2 is 1.67 bits per heavy atom. The van der Waals surface area contributed by atoms with Gasteiger partial charge in [-0.25, -0.2) is 4.98 Å². The summed E-state index contributed by atoms with van der Waals surface area (Å²) in [6.07, 6.45) is 0.862. The van der Waals surface area contributed by atoms with Crippen LogP contribution >= 0.6 is 23.2 Å². The van der Waals surface area contributed by atoms with E-state index in [0.29, 0.717) is 34.4 Å². The van der Waals surface area contributed by atoms with E-state index < -0.39 is 0 Å². The lowest BCUT2D eigenvalue weighted by Gasteiger charge is -2.29. The molecule has 0 fully saturated rings. The number of aromatic nitrogens is 1. The summed E-state index contributed by atoms with van der Waals surface area (Å²) in [5, 5.41) is 1.92. The maximum Gasteiger partial charge on any atom is 0.254 e. The van der Waals surface area contributed by atoms with Gasteiger partial charge in [0.05, 0.1) is 21.8 Å². The summed E-state index contributed by atoms with van der Waals surface area (Å²) in [5.74, 6) is 0.00874. The number of para-hydroxylation sites is 1. The fourth-order valence-corrected chi connectivity index (χ4v) is 4.53. The molecule has 1 aromatic heterocycles. The van der Waals surface area contributed by atoms with Crippen molar-refractivity contribution in [3.63, 3.8) is 0 Å². The molecule has 1 aliphatic rings. The smallest absolute Gasteiger partial charge is 0.254 e. The second-order valence-corrected chi connectivity index (χ2v) is 8.29. The lowest BCUT2D eigenvalue weighted by molar-refractivity contribution is 0.0736. The number of fused-ring (bicyclic) bond motifs is 2. The van der Waals surface area contributed by atoms with E-state index >= 15 is 0 Å². The van der Waals surface area contributed by atoms with E-state index in [1.807, 2.05) is 47.4 Å². The number of benzene rings is 3. The molecule has 30 heavy (non-hydrogen) atoms. The Bertz CT molecular complexity index is 1290. The van der Waals surface area contributed by atoms with Crippen LogP contribution in [-0.2, 0) is 13.0 Å². The van der Waals surface area contributed by atoms with Gasteiger partial charge in [0.15, 0.2) is 0 Å². The molecule has 5 heteroatoms. The third-order valence-electron chi connectivity index (χ3n) is 5.57. The number of carbonyl (C=O) groups is 1. The average molecular weight is 433 g/mol. The molecule has 0 spiro atoms. The Morgan fingerprint density at radius 1 is 0.900 bits per heavy atom. The van der Waals surface area contributed by atoms with E-state index in [0.717, 1.165) is 22.9 Å². The quantitative estimate of drug-likeness (QED) is 0.366. The van der Waals surface area contributed by atoms with Crippen molar-refractivity contribution in [2.24, 2.45) is 0 Å². The summed E-state index contributed by atoms with van der Waals surface area (Å²) >= 11 is 12.5. The second-order valence-electron chi connectivity index (χ2n) is 7.44. The van der Waals surface area contributed by atoms with Gasteiger partial charge in [-0.05, 0) is 47.9 Å². The van der Waals surface area contributed by atoms with Gasteiger partial charge in [-0.15, -0.1) is 0 Å². The van der Waals surface area contributed by atoms with Crippen LogP contribution in [0.1, 0.15) is 21.5 Å². The van der Waals surface area contributed by atoms with Gasteiger partial charge in [0.25, 0.3) is 5.91 Å². The van der Waals surface area contributed by atoms with Crippen LogP contribution in [0, 0.1) is 0 Å². The average Bonchev–Trinajstić information content (AvgIpc) is 2.77. The predicted molar refractivity (Wildman–Crippen MR) is 122 cm³/mol. The highest BCUT2D eigenvalue weighted by atomic mass is 35.5. The zero-order valence-corrected chi connectivity index (χ0v) is 17.6. The first-order valence-corrected chi connectivity index (χ1v) is 10.6. The lowest BCUT2D eigenvalue weighted by Crippen LogP contribution is -2.36. The summed E-state index contributed by atoms with van der Waals surface area (Å²) < 4.78 is 0. The number of amides is 1. The molecular formula is C25H18Cl2N2O. The topological polar surface area (TPSA) is 33.2 Å². The summed E-state index contributed by atoms with van der Waals surface area (Å²) in [4.78, 5) is 20.3. The van der Waals surface area contributed by atoms with Gasteiger partial charge in [0.2, 0.25) is 0 Å². The molecule has 1 amide bonds. The van der Waals surface area contributed by atoms with E-state index in [9.17, 15) is 4.79 Å². The first-order valence-electron chi connectivity index (χ1n) is 9.81. The van der Waals surface area contributed by atoms with Crippen molar-refractivity contribution < 1.29 is 4.79 Å². The predicted octanol–water partition coefficient (Wildman–Crippen LogP) is 6.41. The van der Waals surface area contributed by atoms with Crippen LogP contribution in [0.4, 0.5) is 0 Å².